The number of cyclic esters (lactones) is 1. The van der Waals surface area contributed by atoms with E-state index in [-0.39, 0.29) is 13.2 Å². The third kappa shape index (κ3) is 2.10. The number of carbonyl (C=O) groups excluding carboxylic acids is 2. The van der Waals surface area contributed by atoms with Crippen molar-refractivity contribution in [3.63, 3.8) is 0 Å². The Morgan fingerprint density at radius 2 is 2.00 bits per heavy atom. The van der Waals surface area contributed by atoms with Crippen molar-refractivity contribution >= 4 is 22.0 Å². The summed E-state index contributed by atoms with van der Waals surface area (Å²) in [5.41, 5.74) is 0. The van der Waals surface area contributed by atoms with Gasteiger partial charge in [0.1, 0.15) is 0 Å². The van der Waals surface area contributed by atoms with Crippen molar-refractivity contribution < 1.29 is 22.7 Å². The van der Waals surface area contributed by atoms with Crippen LogP contribution in [0.25, 0.3) is 0 Å². The van der Waals surface area contributed by atoms with Gasteiger partial charge in [-0.25, -0.2) is 18.1 Å². The Labute approximate surface area is 106 Å². The maximum absolute atomic E-state index is 12.0. The number of nitrogens with zero attached hydrogens (tertiary/aromatic N) is 2. The third-order valence-electron chi connectivity index (χ3n) is 3.23. The second-order valence-electron chi connectivity index (χ2n) is 4.71. The van der Waals surface area contributed by atoms with Crippen LogP contribution in [0.3, 0.4) is 0 Å². The van der Waals surface area contributed by atoms with E-state index in [0.29, 0.717) is 13.0 Å². The minimum absolute atomic E-state index is 0.168. The van der Waals surface area contributed by atoms with E-state index in [0.717, 1.165) is 4.90 Å². The average molecular weight is 276 g/mol. The maximum atomic E-state index is 12.0. The summed E-state index contributed by atoms with van der Waals surface area (Å²) in [7, 11) is -3.33. The Balaban J connectivity index is 2.10. The van der Waals surface area contributed by atoms with Crippen molar-refractivity contribution in [2.45, 2.75) is 31.6 Å². The predicted molar refractivity (Wildman–Crippen MR) is 62.2 cm³/mol. The van der Waals surface area contributed by atoms with Crippen LogP contribution in [-0.4, -0.2) is 60.6 Å². The molecule has 8 heteroatoms. The number of ether oxygens (including phenoxy) is 1. The zero-order chi connectivity index (χ0) is 13.5. The minimum atomic E-state index is -3.33. The summed E-state index contributed by atoms with van der Waals surface area (Å²) in [6.07, 6.45) is -0.207. The van der Waals surface area contributed by atoms with Crippen LogP contribution in [0.4, 0.5) is 4.79 Å². The lowest BCUT2D eigenvalue weighted by atomic mass is 10.2. The molecule has 2 heterocycles. The molecule has 0 aromatic rings. The third-order valence-corrected chi connectivity index (χ3v) is 5.47. The maximum Gasteiger partial charge on any atom is 0.417 e. The molecule has 7 nitrogen and oxygen atoms in total. The van der Waals surface area contributed by atoms with Crippen LogP contribution in [0.5, 0.6) is 0 Å². The van der Waals surface area contributed by atoms with Crippen molar-refractivity contribution in [3.8, 4) is 0 Å². The van der Waals surface area contributed by atoms with Crippen LogP contribution in [0.15, 0.2) is 0 Å². The van der Waals surface area contributed by atoms with Crippen LogP contribution in [0.1, 0.15) is 20.3 Å². The van der Waals surface area contributed by atoms with Gasteiger partial charge in [-0.3, -0.25) is 4.79 Å². The summed E-state index contributed by atoms with van der Waals surface area (Å²) in [5, 5.41) is -0.502. The zero-order valence-corrected chi connectivity index (χ0v) is 11.1. The average Bonchev–Trinajstić information content (AvgIpc) is 2.86. The van der Waals surface area contributed by atoms with Gasteiger partial charge in [-0.05, 0) is 20.3 Å². The summed E-state index contributed by atoms with van der Waals surface area (Å²) in [6, 6.07) is -0.402. The van der Waals surface area contributed by atoms with Gasteiger partial charge in [0, 0.05) is 13.1 Å². The Hall–Kier alpha value is -1.15. The number of sulfonamides is 1. The molecule has 1 unspecified atom stereocenters. The van der Waals surface area contributed by atoms with Crippen molar-refractivity contribution in [2.24, 2.45) is 0 Å². The lowest BCUT2D eigenvalue weighted by Gasteiger charge is -2.21. The van der Waals surface area contributed by atoms with E-state index < -0.39 is 33.3 Å². The van der Waals surface area contributed by atoms with Crippen molar-refractivity contribution in [2.75, 3.05) is 19.7 Å². The van der Waals surface area contributed by atoms with E-state index in [2.05, 4.69) is 4.74 Å². The molecule has 0 saturated carbocycles. The molecular weight excluding hydrogens is 260 g/mol. The number of imide groups is 1. The Morgan fingerprint density at radius 3 is 2.50 bits per heavy atom. The van der Waals surface area contributed by atoms with Crippen LogP contribution in [0.2, 0.25) is 0 Å². The first-order valence-corrected chi connectivity index (χ1v) is 7.32. The van der Waals surface area contributed by atoms with E-state index in [1.165, 1.54) is 4.31 Å². The number of rotatable bonds is 3. The molecule has 2 aliphatic rings. The molecule has 2 amide bonds. The van der Waals surface area contributed by atoms with Crippen molar-refractivity contribution in [3.05, 3.63) is 0 Å². The van der Waals surface area contributed by atoms with Gasteiger partial charge in [-0.2, -0.15) is 4.31 Å². The molecule has 2 fully saturated rings. The van der Waals surface area contributed by atoms with E-state index in [1.807, 2.05) is 0 Å². The van der Waals surface area contributed by atoms with E-state index in [4.69, 9.17) is 0 Å². The quantitative estimate of drug-likeness (QED) is 0.711. The van der Waals surface area contributed by atoms with Crippen molar-refractivity contribution in [1.82, 2.24) is 9.21 Å². The molecule has 0 radical (unpaired) electrons. The highest BCUT2D eigenvalue weighted by molar-refractivity contribution is 7.89. The molecule has 0 aliphatic carbocycles. The van der Waals surface area contributed by atoms with Crippen LogP contribution >= 0.6 is 0 Å². The van der Waals surface area contributed by atoms with Crippen molar-refractivity contribution in [1.29, 1.82) is 0 Å². The summed E-state index contributed by atoms with van der Waals surface area (Å²) >= 11 is 0. The first kappa shape index (κ1) is 13.3. The number of amides is 2. The van der Waals surface area contributed by atoms with Gasteiger partial charge >= 0.3 is 6.09 Å². The standard InChI is InChI=1S/C10H16N2O5S/c1-7(2)18(15,16)11-4-3-8(5-11)12-9(13)6-17-10(12)14/h7-8H,3-6H2,1-2H3. The molecule has 1 atom stereocenters. The van der Waals surface area contributed by atoms with Gasteiger partial charge < -0.3 is 4.74 Å². The number of hydrogen-bond acceptors (Lipinski definition) is 5. The van der Waals surface area contributed by atoms with E-state index in [1.54, 1.807) is 13.8 Å². The molecule has 102 valence electrons. The smallest absolute Gasteiger partial charge is 0.417 e. The van der Waals surface area contributed by atoms with Gasteiger partial charge in [-0.1, -0.05) is 0 Å². The van der Waals surface area contributed by atoms with Crippen LogP contribution in [-0.2, 0) is 19.6 Å². The lowest BCUT2D eigenvalue weighted by molar-refractivity contribution is -0.127. The fourth-order valence-electron chi connectivity index (χ4n) is 2.17. The Bertz CT molecular complexity index is 457. The molecule has 18 heavy (non-hydrogen) atoms. The monoisotopic (exact) mass is 276 g/mol. The number of hydrogen-bond donors (Lipinski definition) is 0. The van der Waals surface area contributed by atoms with Gasteiger partial charge in [-0.15, -0.1) is 0 Å². The van der Waals surface area contributed by atoms with E-state index >= 15 is 0 Å². The lowest BCUT2D eigenvalue weighted by Crippen LogP contribution is -2.43. The van der Waals surface area contributed by atoms with Crippen LogP contribution < -0.4 is 0 Å². The normalized spacial score (nSPS) is 26.2. The zero-order valence-electron chi connectivity index (χ0n) is 10.3. The summed E-state index contributed by atoms with van der Waals surface area (Å²) in [4.78, 5) is 23.9. The Morgan fingerprint density at radius 1 is 1.33 bits per heavy atom. The first-order valence-electron chi connectivity index (χ1n) is 5.82. The highest BCUT2D eigenvalue weighted by Crippen LogP contribution is 2.23. The second kappa shape index (κ2) is 4.51. The first-order chi connectivity index (χ1) is 8.34. The molecular formula is C10H16N2O5S. The summed E-state index contributed by atoms with van der Waals surface area (Å²) in [6.45, 7) is 3.48. The van der Waals surface area contributed by atoms with Crippen LogP contribution in [0, 0.1) is 0 Å². The van der Waals surface area contributed by atoms with Gasteiger partial charge in [0.2, 0.25) is 10.0 Å². The molecule has 2 rings (SSSR count). The summed E-state index contributed by atoms with van der Waals surface area (Å²) in [5.74, 6) is -0.395. The summed E-state index contributed by atoms with van der Waals surface area (Å²) < 4.78 is 29.9. The second-order valence-corrected chi connectivity index (χ2v) is 7.20. The number of carbonyl (C=O) groups is 2. The molecule has 0 bridgehead atoms. The Kier molecular flexibility index (Phi) is 3.33. The molecule has 0 N–H and O–H groups in total. The fraction of sp³-hybridized carbons (Fsp3) is 0.800. The minimum Gasteiger partial charge on any atom is -0.439 e. The van der Waals surface area contributed by atoms with Gasteiger partial charge in [0.15, 0.2) is 6.61 Å². The molecule has 2 aliphatic heterocycles. The SMILES string of the molecule is CC(C)S(=O)(=O)N1CCC(N2C(=O)COC2=O)C1. The molecule has 2 saturated heterocycles. The molecule has 0 spiro atoms. The topological polar surface area (TPSA) is 84.0 Å². The largest absolute Gasteiger partial charge is 0.439 e. The predicted octanol–water partition coefficient (Wildman–Crippen LogP) is -0.222. The van der Waals surface area contributed by atoms with Gasteiger partial charge in [0.05, 0.1) is 11.3 Å². The molecule has 0 aromatic heterocycles. The highest BCUT2D eigenvalue weighted by atomic mass is 32.2. The molecule has 0 aromatic carbocycles. The fourth-order valence-corrected chi connectivity index (χ4v) is 3.50. The van der Waals surface area contributed by atoms with E-state index in [9.17, 15) is 18.0 Å². The van der Waals surface area contributed by atoms with Gasteiger partial charge in [0.25, 0.3) is 5.91 Å². The highest BCUT2D eigenvalue weighted by Gasteiger charge is 2.43.